The molecule has 100 valence electrons. The molecule has 1 N–H and O–H groups in total. The van der Waals surface area contributed by atoms with Crippen molar-refractivity contribution in [1.29, 1.82) is 0 Å². The number of para-hydroxylation sites is 1. The molecule has 1 heterocycles. The molecule has 1 aromatic heterocycles. The Morgan fingerprint density at radius 1 is 1.11 bits per heavy atom. The summed E-state index contributed by atoms with van der Waals surface area (Å²) in [6.45, 7) is 2.58. The summed E-state index contributed by atoms with van der Waals surface area (Å²) in [7, 11) is 0. The molecule has 0 saturated heterocycles. The lowest BCUT2D eigenvalue weighted by Gasteiger charge is -2.07. The molecule has 0 unspecified atom stereocenters. The smallest absolute Gasteiger partial charge is 0.266 e. The Morgan fingerprint density at radius 2 is 1.95 bits per heavy atom. The van der Waals surface area contributed by atoms with Crippen LogP contribution in [0.15, 0.2) is 53.5 Å². The van der Waals surface area contributed by atoms with Crippen LogP contribution in [0.4, 0.5) is 0 Å². The van der Waals surface area contributed by atoms with Gasteiger partial charge in [-0.1, -0.05) is 18.2 Å². The van der Waals surface area contributed by atoms with Gasteiger partial charge in [0.25, 0.3) is 5.56 Å². The van der Waals surface area contributed by atoms with Crippen LogP contribution >= 0.6 is 0 Å². The Balaban J connectivity index is 1.60. The van der Waals surface area contributed by atoms with Crippen LogP contribution < -0.4 is 15.6 Å². The molecule has 0 aliphatic rings. The molecule has 5 heteroatoms. The van der Waals surface area contributed by atoms with E-state index in [4.69, 9.17) is 4.74 Å². The van der Waals surface area contributed by atoms with Gasteiger partial charge in [-0.3, -0.25) is 4.79 Å². The third-order valence-electron chi connectivity index (χ3n) is 2.58. The summed E-state index contributed by atoms with van der Waals surface area (Å²) in [5.41, 5.74) is -0.0789. The molecular weight excluding hydrogens is 242 g/mol. The fourth-order valence-corrected chi connectivity index (χ4v) is 1.62. The van der Waals surface area contributed by atoms with Crippen molar-refractivity contribution >= 4 is 0 Å². The lowest BCUT2D eigenvalue weighted by Crippen LogP contribution is -2.30. The summed E-state index contributed by atoms with van der Waals surface area (Å²) in [5, 5.41) is 7.18. The average Bonchev–Trinajstić information content (AvgIpc) is 2.45. The molecule has 5 nitrogen and oxygen atoms in total. The van der Waals surface area contributed by atoms with Crippen molar-refractivity contribution < 1.29 is 4.74 Å². The molecule has 0 saturated carbocycles. The minimum atomic E-state index is -0.0789. The van der Waals surface area contributed by atoms with Gasteiger partial charge in [-0.25, -0.2) is 4.68 Å². The Labute approximate surface area is 111 Å². The lowest BCUT2D eigenvalue weighted by atomic mass is 10.3. The van der Waals surface area contributed by atoms with Gasteiger partial charge in [-0.15, -0.1) is 0 Å². The Morgan fingerprint density at radius 3 is 2.74 bits per heavy atom. The van der Waals surface area contributed by atoms with Crippen molar-refractivity contribution in [2.45, 2.75) is 6.54 Å². The fourth-order valence-electron chi connectivity index (χ4n) is 1.62. The number of ether oxygens (including phenoxy) is 1. The summed E-state index contributed by atoms with van der Waals surface area (Å²) < 4.78 is 6.97. The van der Waals surface area contributed by atoms with Gasteiger partial charge in [0, 0.05) is 25.4 Å². The van der Waals surface area contributed by atoms with Crippen LogP contribution in [0, 0.1) is 0 Å². The monoisotopic (exact) mass is 259 g/mol. The first-order valence-corrected chi connectivity index (χ1v) is 6.27. The summed E-state index contributed by atoms with van der Waals surface area (Å²) in [5.74, 6) is 0.866. The van der Waals surface area contributed by atoms with Crippen LogP contribution in [0.5, 0.6) is 5.75 Å². The van der Waals surface area contributed by atoms with Crippen molar-refractivity contribution in [3.63, 3.8) is 0 Å². The highest BCUT2D eigenvalue weighted by atomic mass is 16.5. The average molecular weight is 259 g/mol. The highest BCUT2D eigenvalue weighted by molar-refractivity contribution is 5.20. The summed E-state index contributed by atoms with van der Waals surface area (Å²) in [4.78, 5) is 11.4. The van der Waals surface area contributed by atoms with E-state index in [0.29, 0.717) is 19.7 Å². The molecule has 1 aromatic carbocycles. The van der Waals surface area contributed by atoms with Crippen molar-refractivity contribution in [2.24, 2.45) is 0 Å². The zero-order valence-corrected chi connectivity index (χ0v) is 10.7. The number of nitrogens with zero attached hydrogens (tertiary/aromatic N) is 2. The highest BCUT2D eigenvalue weighted by Crippen LogP contribution is 2.07. The molecule has 0 bridgehead atoms. The second-order valence-electron chi connectivity index (χ2n) is 4.00. The molecule has 2 aromatic rings. The van der Waals surface area contributed by atoms with Crippen LogP contribution in [0.3, 0.4) is 0 Å². The molecule has 2 rings (SSSR count). The summed E-state index contributed by atoms with van der Waals surface area (Å²) >= 11 is 0. The third-order valence-corrected chi connectivity index (χ3v) is 2.58. The maximum absolute atomic E-state index is 11.4. The van der Waals surface area contributed by atoms with E-state index in [9.17, 15) is 4.79 Å². The fraction of sp³-hybridized carbons (Fsp3) is 0.286. The van der Waals surface area contributed by atoms with E-state index in [1.54, 1.807) is 12.3 Å². The quantitative estimate of drug-likeness (QED) is 0.751. The standard InChI is InChI=1S/C14H17N3O2/c18-14-7-4-8-16-17(14)11-9-15-10-12-19-13-5-2-1-3-6-13/h1-8,15H,9-12H2. The van der Waals surface area contributed by atoms with Crippen molar-refractivity contribution in [2.75, 3.05) is 19.7 Å². The van der Waals surface area contributed by atoms with E-state index in [0.717, 1.165) is 12.3 Å². The number of hydrogen-bond acceptors (Lipinski definition) is 4. The van der Waals surface area contributed by atoms with Gasteiger partial charge < -0.3 is 10.1 Å². The third kappa shape index (κ3) is 4.56. The number of hydrogen-bond donors (Lipinski definition) is 1. The van der Waals surface area contributed by atoms with E-state index < -0.39 is 0 Å². The number of aromatic nitrogens is 2. The summed E-state index contributed by atoms with van der Waals surface area (Å²) in [6.07, 6.45) is 1.61. The molecule has 0 aliphatic carbocycles. The Hall–Kier alpha value is -2.14. The van der Waals surface area contributed by atoms with Gasteiger partial charge in [0.2, 0.25) is 0 Å². The molecule has 0 atom stereocenters. The van der Waals surface area contributed by atoms with Crippen molar-refractivity contribution in [3.05, 3.63) is 59.0 Å². The zero-order valence-electron chi connectivity index (χ0n) is 10.7. The number of benzene rings is 1. The van der Waals surface area contributed by atoms with Crippen molar-refractivity contribution in [3.8, 4) is 5.75 Å². The molecule has 0 fully saturated rings. The zero-order chi connectivity index (χ0) is 13.3. The Bertz CT molecular complexity index is 540. The first-order valence-electron chi connectivity index (χ1n) is 6.27. The minimum absolute atomic E-state index is 0.0789. The minimum Gasteiger partial charge on any atom is -0.492 e. The van der Waals surface area contributed by atoms with Gasteiger partial charge >= 0.3 is 0 Å². The van der Waals surface area contributed by atoms with E-state index in [1.165, 1.54) is 10.7 Å². The largest absolute Gasteiger partial charge is 0.492 e. The van der Waals surface area contributed by atoms with Gasteiger partial charge in [0.05, 0.1) is 6.54 Å². The van der Waals surface area contributed by atoms with Crippen LogP contribution in [0.25, 0.3) is 0 Å². The lowest BCUT2D eigenvalue weighted by molar-refractivity contribution is 0.312. The van der Waals surface area contributed by atoms with Crippen LogP contribution in [0.2, 0.25) is 0 Å². The van der Waals surface area contributed by atoms with Gasteiger partial charge in [0.15, 0.2) is 0 Å². The molecule has 0 amide bonds. The first-order chi connectivity index (χ1) is 9.36. The number of rotatable bonds is 7. The highest BCUT2D eigenvalue weighted by Gasteiger charge is 1.95. The second-order valence-corrected chi connectivity index (χ2v) is 4.00. The van der Waals surface area contributed by atoms with Crippen LogP contribution in [0.1, 0.15) is 0 Å². The number of nitrogens with one attached hydrogen (secondary N) is 1. The SMILES string of the molecule is O=c1cccnn1CCNCCOc1ccccc1. The molecular formula is C14H17N3O2. The van der Waals surface area contributed by atoms with E-state index in [1.807, 2.05) is 30.3 Å². The van der Waals surface area contributed by atoms with E-state index >= 15 is 0 Å². The van der Waals surface area contributed by atoms with E-state index in [2.05, 4.69) is 10.4 Å². The van der Waals surface area contributed by atoms with E-state index in [-0.39, 0.29) is 5.56 Å². The summed E-state index contributed by atoms with van der Waals surface area (Å²) in [6, 6.07) is 12.8. The maximum atomic E-state index is 11.4. The predicted octanol–water partition coefficient (Wildman–Crippen LogP) is 0.912. The van der Waals surface area contributed by atoms with Crippen LogP contribution in [-0.2, 0) is 6.54 Å². The van der Waals surface area contributed by atoms with Gasteiger partial charge in [0.1, 0.15) is 12.4 Å². The molecule has 0 spiro atoms. The molecule has 19 heavy (non-hydrogen) atoms. The normalized spacial score (nSPS) is 10.3. The van der Waals surface area contributed by atoms with Crippen LogP contribution in [-0.4, -0.2) is 29.5 Å². The topological polar surface area (TPSA) is 56.2 Å². The van der Waals surface area contributed by atoms with Gasteiger partial charge in [-0.05, 0) is 18.2 Å². The Kier molecular flexibility index (Phi) is 5.13. The maximum Gasteiger partial charge on any atom is 0.266 e. The second kappa shape index (κ2) is 7.33. The predicted molar refractivity (Wildman–Crippen MR) is 73.3 cm³/mol. The van der Waals surface area contributed by atoms with Crippen molar-refractivity contribution in [1.82, 2.24) is 15.1 Å². The first kappa shape index (κ1) is 13.3. The molecule has 0 radical (unpaired) electrons. The molecule has 0 aliphatic heterocycles. The van der Waals surface area contributed by atoms with Gasteiger partial charge in [-0.2, -0.15) is 5.10 Å².